The molecule has 32 heavy (non-hydrogen) atoms. The zero-order chi connectivity index (χ0) is 22.5. The number of hydrogen-bond donors (Lipinski definition) is 1. The number of rotatable bonds is 5. The number of nitriles is 1. The van der Waals surface area contributed by atoms with Crippen LogP contribution in [0.25, 0.3) is 22.2 Å². The highest BCUT2D eigenvalue weighted by molar-refractivity contribution is 9.10. The van der Waals surface area contributed by atoms with E-state index >= 15 is 0 Å². The summed E-state index contributed by atoms with van der Waals surface area (Å²) in [4.78, 5) is 29.8. The second-order valence-corrected chi connectivity index (χ2v) is 7.81. The van der Waals surface area contributed by atoms with Gasteiger partial charge in [-0.1, -0.05) is 46.3 Å². The van der Waals surface area contributed by atoms with Gasteiger partial charge in [0.1, 0.15) is 0 Å². The van der Waals surface area contributed by atoms with E-state index in [1.165, 1.54) is 0 Å². The molecule has 0 aliphatic heterocycles. The summed E-state index contributed by atoms with van der Waals surface area (Å²) >= 11 is 3.45. The predicted octanol–water partition coefficient (Wildman–Crippen LogP) is 5.33. The number of nitrogens with zero attached hydrogens (tertiary/aromatic N) is 2. The van der Waals surface area contributed by atoms with Gasteiger partial charge in [0.25, 0.3) is 5.91 Å². The molecule has 1 amide bonds. The maximum absolute atomic E-state index is 12.9. The number of halogens is 1. The van der Waals surface area contributed by atoms with Crippen molar-refractivity contribution in [3.63, 3.8) is 0 Å². The SMILES string of the molecule is N#Cc1ccc(NC(=O)COC(=O)c2cc(-c3cccc(Br)c3)nc3ccccc23)cc1. The van der Waals surface area contributed by atoms with Gasteiger partial charge < -0.3 is 10.1 Å². The Morgan fingerprint density at radius 2 is 1.78 bits per heavy atom. The van der Waals surface area contributed by atoms with Gasteiger partial charge in [0, 0.05) is 21.1 Å². The molecule has 4 aromatic rings. The zero-order valence-electron chi connectivity index (χ0n) is 16.7. The fourth-order valence-electron chi connectivity index (χ4n) is 3.17. The molecule has 0 unspecified atom stereocenters. The van der Waals surface area contributed by atoms with Crippen molar-refractivity contribution in [2.75, 3.05) is 11.9 Å². The monoisotopic (exact) mass is 485 g/mol. The van der Waals surface area contributed by atoms with Gasteiger partial charge in [0.2, 0.25) is 0 Å². The number of para-hydroxylation sites is 1. The van der Waals surface area contributed by atoms with Gasteiger partial charge in [-0.25, -0.2) is 9.78 Å². The smallest absolute Gasteiger partial charge is 0.339 e. The van der Waals surface area contributed by atoms with Crippen LogP contribution in [0.5, 0.6) is 0 Å². The molecule has 0 aliphatic carbocycles. The minimum atomic E-state index is -0.616. The third kappa shape index (κ3) is 4.82. The van der Waals surface area contributed by atoms with E-state index in [-0.39, 0.29) is 0 Å². The Morgan fingerprint density at radius 1 is 1.00 bits per heavy atom. The molecule has 3 aromatic carbocycles. The fourth-order valence-corrected chi connectivity index (χ4v) is 3.57. The molecule has 156 valence electrons. The summed E-state index contributed by atoms with van der Waals surface area (Å²) in [7, 11) is 0. The van der Waals surface area contributed by atoms with Gasteiger partial charge >= 0.3 is 5.97 Å². The first kappa shape index (κ1) is 21.2. The number of fused-ring (bicyclic) bond motifs is 1. The van der Waals surface area contributed by atoms with Crippen molar-refractivity contribution >= 4 is 44.4 Å². The molecule has 0 fully saturated rings. The number of aromatic nitrogens is 1. The van der Waals surface area contributed by atoms with Gasteiger partial charge in [0.05, 0.1) is 28.4 Å². The van der Waals surface area contributed by atoms with Crippen LogP contribution in [0.3, 0.4) is 0 Å². The van der Waals surface area contributed by atoms with Crippen LogP contribution in [0.1, 0.15) is 15.9 Å². The fraction of sp³-hybridized carbons (Fsp3) is 0.0400. The molecule has 0 saturated heterocycles. The highest BCUT2D eigenvalue weighted by Gasteiger charge is 2.17. The summed E-state index contributed by atoms with van der Waals surface area (Å²) in [5.41, 5.74) is 3.45. The number of amides is 1. The van der Waals surface area contributed by atoms with E-state index in [4.69, 9.17) is 10.00 Å². The molecule has 6 nitrogen and oxygen atoms in total. The van der Waals surface area contributed by atoms with E-state index < -0.39 is 18.5 Å². The molecule has 0 radical (unpaired) electrons. The van der Waals surface area contributed by atoms with Gasteiger partial charge in [-0.2, -0.15) is 5.26 Å². The highest BCUT2D eigenvalue weighted by atomic mass is 79.9. The van der Waals surface area contributed by atoms with Gasteiger partial charge in [0.15, 0.2) is 6.61 Å². The maximum atomic E-state index is 12.9. The second kappa shape index (κ2) is 9.41. The number of esters is 1. The average Bonchev–Trinajstić information content (AvgIpc) is 2.82. The summed E-state index contributed by atoms with van der Waals surface area (Å²) in [6.07, 6.45) is 0. The molecular formula is C25H16BrN3O3. The maximum Gasteiger partial charge on any atom is 0.339 e. The lowest BCUT2D eigenvalue weighted by atomic mass is 10.0. The number of carbonyl (C=O) groups excluding carboxylic acids is 2. The quantitative estimate of drug-likeness (QED) is 0.385. The van der Waals surface area contributed by atoms with Crippen LogP contribution in [0.2, 0.25) is 0 Å². The van der Waals surface area contributed by atoms with Crippen LogP contribution in [0, 0.1) is 11.3 Å². The van der Waals surface area contributed by atoms with Crippen molar-refractivity contribution in [1.29, 1.82) is 5.26 Å². The largest absolute Gasteiger partial charge is 0.452 e. The molecular weight excluding hydrogens is 470 g/mol. The lowest BCUT2D eigenvalue weighted by molar-refractivity contribution is -0.119. The van der Waals surface area contributed by atoms with E-state index in [2.05, 4.69) is 26.2 Å². The number of hydrogen-bond acceptors (Lipinski definition) is 5. The lowest BCUT2D eigenvalue weighted by Gasteiger charge is -2.11. The lowest BCUT2D eigenvalue weighted by Crippen LogP contribution is -2.21. The molecule has 1 N–H and O–H groups in total. The topological polar surface area (TPSA) is 92.1 Å². The standard InChI is InChI=1S/C25H16BrN3O3/c26-18-5-3-4-17(12-18)23-13-21(20-6-1-2-7-22(20)29-23)25(31)32-15-24(30)28-19-10-8-16(14-27)9-11-19/h1-13H,15H2,(H,28,30). The molecule has 0 saturated carbocycles. The Morgan fingerprint density at radius 3 is 2.53 bits per heavy atom. The van der Waals surface area contributed by atoms with Crippen LogP contribution in [-0.4, -0.2) is 23.5 Å². The third-order valence-corrected chi connectivity index (χ3v) is 5.18. The average molecular weight is 486 g/mol. The van der Waals surface area contributed by atoms with E-state index in [0.717, 1.165) is 10.0 Å². The van der Waals surface area contributed by atoms with Crippen molar-refractivity contribution in [2.24, 2.45) is 0 Å². The zero-order valence-corrected chi connectivity index (χ0v) is 18.3. The van der Waals surface area contributed by atoms with E-state index in [9.17, 15) is 9.59 Å². The Labute approximate surface area is 192 Å². The first-order chi connectivity index (χ1) is 15.5. The molecule has 1 heterocycles. The molecule has 4 rings (SSSR count). The molecule has 0 spiro atoms. The van der Waals surface area contributed by atoms with E-state index in [0.29, 0.717) is 33.4 Å². The Kier molecular flexibility index (Phi) is 6.24. The Hall–Kier alpha value is -4.02. The summed E-state index contributed by atoms with van der Waals surface area (Å²) in [5.74, 6) is -1.09. The van der Waals surface area contributed by atoms with E-state index in [1.807, 2.05) is 48.5 Å². The first-order valence-corrected chi connectivity index (χ1v) is 10.5. The molecule has 1 aromatic heterocycles. The van der Waals surface area contributed by atoms with E-state index in [1.54, 1.807) is 36.4 Å². The molecule has 7 heteroatoms. The highest BCUT2D eigenvalue weighted by Crippen LogP contribution is 2.27. The van der Waals surface area contributed by atoms with Crippen LogP contribution >= 0.6 is 15.9 Å². The summed E-state index contributed by atoms with van der Waals surface area (Å²) < 4.78 is 6.19. The predicted molar refractivity (Wildman–Crippen MR) is 125 cm³/mol. The molecule has 0 bridgehead atoms. The minimum Gasteiger partial charge on any atom is -0.452 e. The van der Waals surface area contributed by atoms with Crippen LogP contribution < -0.4 is 5.32 Å². The Bertz CT molecular complexity index is 1360. The van der Waals surface area contributed by atoms with Crippen molar-refractivity contribution in [1.82, 2.24) is 4.98 Å². The summed E-state index contributed by atoms with van der Waals surface area (Å²) in [6, 6.07) is 25.0. The molecule has 0 atom stereocenters. The Balaban J connectivity index is 1.54. The first-order valence-electron chi connectivity index (χ1n) is 9.66. The number of pyridine rings is 1. The van der Waals surface area contributed by atoms with Crippen LogP contribution in [0.15, 0.2) is 83.3 Å². The van der Waals surface area contributed by atoms with Crippen molar-refractivity contribution in [3.05, 3.63) is 94.5 Å². The van der Waals surface area contributed by atoms with Crippen molar-refractivity contribution in [3.8, 4) is 17.3 Å². The summed E-state index contributed by atoms with van der Waals surface area (Å²) in [5, 5.41) is 12.1. The molecule has 0 aliphatic rings. The van der Waals surface area contributed by atoms with Crippen molar-refractivity contribution in [2.45, 2.75) is 0 Å². The second-order valence-electron chi connectivity index (χ2n) is 6.90. The number of anilines is 1. The van der Waals surface area contributed by atoms with Gasteiger partial charge in [-0.15, -0.1) is 0 Å². The van der Waals surface area contributed by atoms with Crippen LogP contribution in [-0.2, 0) is 9.53 Å². The normalized spacial score (nSPS) is 10.4. The number of benzene rings is 3. The van der Waals surface area contributed by atoms with Gasteiger partial charge in [-0.05, 0) is 48.5 Å². The van der Waals surface area contributed by atoms with Gasteiger partial charge in [-0.3, -0.25) is 4.79 Å². The summed E-state index contributed by atoms with van der Waals surface area (Å²) in [6.45, 7) is -0.443. The number of carbonyl (C=O) groups is 2. The van der Waals surface area contributed by atoms with Crippen LogP contribution in [0.4, 0.5) is 5.69 Å². The number of ether oxygens (including phenoxy) is 1. The minimum absolute atomic E-state index is 0.330. The van der Waals surface area contributed by atoms with Crippen molar-refractivity contribution < 1.29 is 14.3 Å². The third-order valence-electron chi connectivity index (χ3n) is 4.69. The number of nitrogens with one attached hydrogen (secondary N) is 1.